The van der Waals surface area contributed by atoms with Gasteiger partial charge in [-0.25, -0.2) is 0 Å². The highest BCUT2D eigenvalue weighted by Crippen LogP contribution is 2.76. The van der Waals surface area contributed by atoms with Crippen LogP contribution in [0.3, 0.4) is 0 Å². The van der Waals surface area contributed by atoms with Crippen LogP contribution in [0.1, 0.15) is 51.9 Å². The normalized spacial score (nSPS) is 51.3. The van der Waals surface area contributed by atoms with Crippen LogP contribution in [0, 0.1) is 40.4 Å². The first-order valence-electron chi connectivity index (χ1n) is 9.38. The van der Waals surface area contributed by atoms with Gasteiger partial charge in [0.25, 0.3) is 0 Å². The topological polar surface area (TPSA) is 46.5 Å². The molecule has 128 valence electrons. The fourth-order valence-corrected chi connectivity index (χ4v) is 7.74. The molecule has 3 nitrogen and oxygen atoms in total. The lowest BCUT2D eigenvalue weighted by molar-refractivity contribution is -0.165. The van der Waals surface area contributed by atoms with E-state index in [0.29, 0.717) is 17.8 Å². The summed E-state index contributed by atoms with van der Waals surface area (Å²) in [4.78, 5) is 13.1. The summed E-state index contributed by atoms with van der Waals surface area (Å²) in [5.74, 6) is 2.01. The van der Waals surface area contributed by atoms with Gasteiger partial charge in [0, 0.05) is 6.61 Å². The molecule has 4 fully saturated rings. The number of carbonyl (C=O) groups excluding carboxylic acids is 1. The molecule has 4 aliphatic rings. The van der Waals surface area contributed by atoms with E-state index in [4.69, 9.17) is 4.74 Å². The predicted molar refractivity (Wildman–Crippen MR) is 88.6 cm³/mol. The third-order valence-corrected chi connectivity index (χ3v) is 8.27. The summed E-state index contributed by atoms with van der Waals surface area (Å²) in [6, 6.07) is 0. The SMILES string of the molecule is C=C1C[C@]23C[C@H]1CC[C@H]2[C@]1(C(=O)OC)CCC[C@H](C)[C@H]1[C@@H]3CO. The Morgan fingerprint density at radius 3 is 2.87 bits per heavy atom. The van der Waals surface area contributed by atoms with Gasteiger partial charge in [0.15, 0.2) is 0 Å². The second kappa shape index (κ2) is 5.08. The summed E-state index contributed by atoms with van der Waals surface area (Å²) in [5, 5.41) is 10.3. The molecular formula is C20H30O3. The smallest absolute Gasteiger partial charge is 0.312 e. The largest absolute Gasteiger partial charge is 0.469 e. The first-order valence-corrected chi connectivity index (χ1v) is 9.38. The first-order chi connectivity index (χ1) is 11.0. The number of aliphatic hydroxyl groups is 1. The lowest BCUT2D eigenvalue weighted by atomic mass is 9.57. The van der Waals surface area contributed by atoms with E-state index < -0.39 is 0 Å². The fraction of sp³-hybridized carbons (Fsp3) is 0.850. The Hall–Kier alpha value is -0.830. The highest BCUT2D eigenvalue weighted by Gasteiger charge is 2.73. The molecule has 0 aromatic heterocycles. The fourth-order valence-electron chi connectivity index (χ4n) is 7.74. The van der Waals surface area contributed by atoms with Crippen molar-refractivity contribution >= 4 is 5.97 Å². The lowest BCUT2D eigenvalue weighted by Crippen LogP contribution is -2.48. The number of allylic oxidation sites excluding steroid dienone is 1. The molecule has 3 heteroatoms. The third kappa shape index (κ3) is 1.72. The minimum absolute atomic E-state index is 0.00494. The summed E-state index contributed by atoms with van der Waals surface area (Å²) < 4.78 is 5.37. The van der Waals surface area contributed by atoms with Gasteiger partial charge in [0.1, 0.15) is 0 Å². The molecule has 4 aliphatic carbocycles. The minimum Gasteiger partial charge on any atom is -0.469 e. The Balaban J connectivity index is 1.89. The molecular weight excluding hydrogens is 288 g/mol. The van der Waals surface area contributed by atoms with Crippen molar-refractivity contribution in [1.82, 2.24) is 0 Å². The predicted octanol–water partition coefficient (Wildman–Crippen LogP) is 3.57. The van der Waals surface area contributed by atoms with Gasteiger partial charge in [-0.2, -0.15) is 0 Å². The first kappa shape index (κ1) is 15.7. The van der Waals surface area contributed by atoms with Gasteiger partial charge in [-0.15, -0.1) is 0 Å². The quantitative estimate of drug-likeness (QED) is 0.625. The molecule has 2 bridgehead atoms. The average Bonchev–Trinajstić information content (AvgIpc) is 2.95. The maximum Gasteiger partial charge on any atom is 0.312 e. The van der Waals surface area contributed by atoms with Gasteiger partial charge in [0.2, 0.25) is 0 Å². The summed E-state index contributed by atoms with van der Waals surface area (Å²) in [7, 11) is 1.55. The Kier molecular flexibility index (Phi) is 3.46. The zero-order valence-corrected chi connectivity index (χ0v) is 14.5. The maximum absolute atomic E-state index is 13.1. The highest BCUT2D eigenvalue weighted by atomic mass is 16.5. The number of hydrogen-bond acceptors (Lipinski definition) is 3. The van der Waals surface area contributed by atoms with Crippen LogP contribution >= 0.6 is 0 Å². The molecule has 0 radical (unpaired) electrons. The van der Waals surface area contributed by atoms with Crippen LogP contribution in [0.2, 0.25) is 0 Å². The van der Waals surface area contributed by atoms with Gasteiger partial charge in [0.05, 0.1) is 12.5 Å². The van der Waals surface area contributed by atoms with Crippen molar-refractivity contribution in [1.29, 1.82) is 0 Å². The third-order valence-electron chi connectivity index (χ3n) is 8.27. The van der Waals surface area contributed by atoms with Gasteiger partial charge >= 0.3 is 5.97 Å². The van der Waals surface area contributed by atoms with Crippen LogP contribution in [0.15, 0.2) is 12.2 Å². The van der Waals surface area contributed by atoms with E-state index in [0.717, 1.165) is 32.1 Å². The Morgan fingerprint density at radius 1 is 1.39 bits per heavy atom. The van der Waals surface area contributed by atoms with Crippen molar-refractivity contribution in [2.75, 3.05) is 13.7 Å². The average molecular weight is 318 g/mol. The van der Waals surface area contributed by atoms with Gasteiger partial charge < -0.3 is 9.84 Å². The molecule has 0 aromatic carbocycles. The number of methoxy groups -OCH3 is 1. The number of ether oxygens (including phenoxy) is 1. The molecule has 23 heavy (non-hydrogen) atoms. The van der Waals surface area contributed by atoms with Crippen LogP contribution in [-0.2, 0) is 9.53 Å². The van der Waals surface area contributed by atoms with Gasteiger partial charge in [-0.3, -0.25) is 4.79 Å². The van der Waals surface area contributed by atoms with Crippen molar-refractivity contribution in [3.63, 3.8) is 0 Å². The van der Waals surface area contributed by atoms with E-state index in [1.54, 1.807) is 7.11 Å². The second-order valence-corrected chi connectivity index (χ2v) is 8.82. The Morgan fingerprint density at radius 2 is 2.17 bits per heavy atom. The van der Waals surface area contributed by atoms with Crippen molar-refractivity contribution in [3.8, 4) is 0 Å². The monoisotopic (exact) mass is 318 g/mol. The molecule has 0 aromatic rings. The van der Waals surface area contributed by atoms with E-state index in [1.165, 1.54) is 18.4 Å². The van der Waals surface area contributed by atoms with Crippen molar-refractivity contribution in [2.24, 2.45) is 40.4 Å². The standard InChI is InChI=1S/C20H30O3/c1-12-5-4-8-20(18(22)23-3)16-7-6-14-10-19(16,9-13(14)2)15(11-21)17(12)20/h12,14-17,21H,2,4-11H2,1,3H3/t12-,14+,15-,16+,17-,19+,20+/m0/s1. The summed E-state index contributed by atoms with van der Waals surface area (Å²) >= 11 is 0. The minimum atomic E-state index is -0.352. The van der Waals surface area contributed by atoms with E-state index in [9.17, 15) is 9.90 Å². The van der Waals surface area contributed by atoms with Gasteiger partial charge in [-0.1, -0.05) is 31.9 Å². The number of fused-ring (bicyclic) bond motifs is 3. The number of esters is 1. The van der Waals surface area contributed by atoms with E-state index >= 15 is 0 Å². The number of carbonyl (C=O) groups is 1. The number of aliphatic hydroxyl groups excluding tert-OH is 1. The second-order valence-electron chi connectivity index (χ2n) is 8.82. The van der Waals surface area contributed by atoms with Gasteiger partial charge in [-0.05, 0) is 67.1 Å². The number of rotatable bonds is 2. The van der Waals surface area contributed by atoms with E-state index in [-0.39, 0.29) is 35.2 Å². The van der Waals surface area contributed by atoms with Crippen LogP contribution in [-0.4, -0.2) is 24.8 Å². The molecule has 0 saturated heterocycles. The van der Waals surface area contributed by atoms with Crippen molar-refractivity contribution in [3.05, 3.63) is 12.2 Å². The molecule has 0 aliphatic heterocycles. The molecule has 1 spiro atoms. The van der Waals surface area contributed by atoms with Crippen molar-refractivity contribution < 1.29 is 14.6 Å². The Bertz CT molecular complexity index is 541. The van der Waals surface area contributed by atoms with E-state index in [2.05, 4.69) is 13.5 Å². The molecule has 0 unspecified atom stereocenters. The molecule has 4 rings (SSSR count). The Labute approximate surface area is 139 Å². The number of hydrogen-bond donors (Lipinski definition) is 1. The summed E-state index contributed by atoms with van der Waals surface area (Å²) in [6.45, 7) is 6.85. The molecule has 0 heterocycles. The summed E-state index contributed by atoms with van der Waals surface area (Å²) in [6.07, 6.45) is 7.69. The lowest BCUT2D eigenvalue weighted by Gasteiger charge is -2.46. The zero-order chi connectivity index (χ0) is 16.4. The molecule has 1 N–H and O–H groups in total. The van der Waals surface area contributed by atoms with Crippen LogP contribution < -0.4 is 0 Å². The molecule has 4 saturated carbocycles. The van der Waals surface area contributed by atoms with Crippen molar-refractivity contribution in [2.45, 2.75) is 51.9 Å². The van der Waals surface area contributed by atoms with Crippen LogP contribution in [0.4, 0.5) is 0 Å². The summed E-state index contributed by atoms with van der Waals surface area (Å²) in [5.41, 5.74) is 1.12. The van der Waals surface area contributed by atoms with E-state index in [1.807, 2.05) is 0 Å². The maximum atomic E-state index is 13.1. The molecule has 0 amide bonds. The molecule has 7 atom stereocenters. The van der Waals surface area contributed by atoms with Crippen LogP contribution in [0.5, 0.6) is 0 Å². The highest BCUT2D eigenvalue weighted by molar-refractivity contribution is 5.79. The zero-order valence-electron chi connectivity index (χ0n) is 14.5. The van der Waals surface area contributed by atoms with Crippen LogP contribution in [0.25, 0.3) is 0 Å².